The Kier molecular flexibility index (Phi) is 6.09. The van der Waals surface area contributed by atoms with Gasteiger partial charge in [0.05, 0.1) is 17.9 Å². The number of anilines is 1. The van der Waals surface area contributed by atoms with Gasteiger partial charge in [0.1, 0.15) is 5.92 Å². The summed E-state index contributed by atoms with van der Waals surface area (Å²) in [7, 11) is 0. The van der Waals surface area contributed by atoms with Crippen molar-refractivity contribution in [3.05, 3.63) is 65.2 Å². The van der Waals surface area contributed by atoms with Crippen LogP contribution in [0.2, 0.25) is 0 Å². The molecule has 7 heteroatoms. The van der Waals surface area contributed by atoms with Gasteiger partial charge in [-0.3, -0.25) is 9.59 Å². The first-order chi connectivity index (χ1) is 14.2. The van der Waals surface area contributed by atoms with Gasteiger partial charge >= 0.3 is 0 Å². The van der Waals surface area contributed by atoms with E-state index in [1.165, 1.54) is 23.2 Å². The average molecular weight is 409 g/mol. The highest BCUT2D eigenvalue weighted by molar-refractivity contribution is 6.27. The number of halogens is 2. The molecule has 0 aromatic heterocycles. The van der Waals surface area contributed by atoms with Crippen LogP contribution in [0.4, 0.5) is 14.5 Å². The quantitative estimate of drug-likeness (QED) is 0.608. The van der Waals surface area contributed by atoms with E-state index in [1.54, 1.807) is 37.3 Å². The number of carbonyl (C=O) groups is 2. The molecule has 0 saturated carbocycles. The lowest BCUT2D eigenvalue weighted by Gasteiger charge is -2.15. The second-order valence-corrected chi connectivity index (χ2v) is 7.11. The number of benzene rings is 2. The number of rotatable bonds is 5. The number of ketones is 1. The molecule has 5 nitrogen and oxygen atoms in total. The number of hydrazone groups is 1. The average Bonchev–Trinajstić information content (AvgIpc) is 3.00. The van der Waals surface area contributed by atoms with Crippen LogP contribution in [0.5, 0.6) is 0 Å². The van der Waals surface area contributed by atoms with Gasteiger partial charge in [-0.1, -0.05) is 36.1 Å². The molecule has 1 amide bonds. The van der Waals surface area contributed by atoms with Gasteiger partial charge in [-0.25, -0.2) is 8.78 Å². The zero-order valence-electron chi connectivity index (χ0n) is 16.7. The van der Waals surface area contributed by atoms with Crippen LogP contribution in [0.3, 0.4) is 0 Å². The van der Waals surface area contributed by atoms with E-state index in [-0.39, 0.29) is 24.3 Å². The number of hydrogen-bond donors (Lipinski definition) is 1. The van der Waals surface area contributed by atoms with Crippen molar-refractivity contribution < 1.29 is 18.4 Å². The summed E-state index contributed by atoms with van der Waals surface area (Å²) in [5.41, 5.74) is 7.17. The van der Waals surface area contributed by atoms with Crippen molar-refractivity contribution in [3.63, 3.8) is 0 Å². The molecule has 1 heterocycles. The topological polar surface area (TPSA) is 75.8 Å². The van der Waals surface area contributed by atoms with Crippen LogP contribution in [0.1, 0.15) is 30.5 Å². The minimum absolute atomic E-state index is 0.136. The summed E-state index contributed by atoms with van der Waals surface area (Å²) in [4.78, 5) is 25.7. The summed E-state index contributed by atoms with van der Waals surface area (Å²) in [6.45, 7) is 2.62. The predicted octanol–water partition coefficient (Wildman–Crippen LogP) is 3.26. The van der Waals surface area contributed by atoms with Gasteiger partial charge < -0.3 is 5.73 Å². The van der Waals surface area contributed by atoms with Crippen molar-refractivity contribution in [1.82, 2.24) is 0 Å². The van der Waals surface area contributed by atoms with Crippen LogP contribution in [0, 0.1) is 17.8 Å². The summed E-state index contributed by atoms with van der Waals surface area (Å²) in [6.07, 6.45) is -0.136. The Labute approximate surface area is 173 Å². The van der Waals surface area contributed by atoms with Crippen LogP contribution < -0.4 is 10.7 Å². The number of nitrogens with two attached hydrogens (primary N) is 1. The highest BCUT2D eigenvalue weighted by Crippen LogP contribution is 2.29. The van der Waals surface area contributed by atoms with E-state index in [1.807, 2.05) is 0 Å². The molecule has 2 aromatic rings. The maximum absolute atomic E-state index is 13.6. The zero-order valence-corrected chi connectivity index (χ0v) is 16.7. The minimum atomic E-state index is -3.01. The SMILES string of the molecule is CC1=NN(c2cccc(C#CCN)c2)C(=O)C1C(=O)Cc1cccc(C(C)(F)F)c1. The second-order valence-electron chi connectivity index (χ2n) is 7.11. The molecule has 30 heavy (non-hydrogen) atoms. The Morgan fingerprint density at radius 2 is 1.97 bits per heavy atom. The molecule has 2 N–H and O–H groups in total. The fourth-order valence-corrected chi connectivity index (χ4v) is 3.25. The highest BCUT2D eigenvalue weighted by atomic mass is 19.3. The number of amides is 1. The normalized spacial score (nSPS) is 16.2. The Morgan fingerprint density at radius 1 is 1.23 bits per heavy atom. The highest BCUT2D eigenvalue weighted by Gasteiger charge is 2.39. The van der Waals surface area contributed by atoms with Crippen LogP contribution in [-0.2, 0) is 21.9 Å². The molecule has 154 valence electrons. The molecule has 3 rings (SSSR count). The van der Waals surface area contributed by atoms with E-state index in [0.717, 1.165) is 6.92 Å². The number of nitrogens with zero attached hydrogens (tertiary/aromatic N) is 2. The molecule has 1 unspecified atom stereocenters. The van der Waals surface area contributed by atoms with Gasteiger partial charge in [-0.2, -0.15) is 10.1 Å². The van der Waals surface area contributed by atoms with E-state index in [2.05, 4.69) is 16.9 Å². The van der Waals surface area contributed by atoms with Crippen molar-refractivity contribution in [1.29, 1.82) is 0 Å². The lowest BCUT2D eigenvalue weighted by molar-refractivity contribution is -0.128. The standard InChI is InChI=1S/C23H21F2N3O2/c1-15-21(20(29)14-17-7-3-9-18(12-17)23(2,24)25)22(30)28(27-15)19-10-4-6-16(13-19)8-5-11-26/h3-4,6-7,9-10,12-13,21H,11,14,26H2,1-2H3. The summed E-state index contributed by atoms with van der Waals surface area (Å²) in [6, 6.07) is 12.6. The fraction of sp³-hybridized carbons (Fsp3) is 0.261. The van der Waals surface area contributed by atoms with Gasteiger partial charge in [0.25, 0.3) is 11.8 Å². The molecule has 1 atom stereocenters. The third-order valence-corrected chi connectivity index (χ3v) is 4.69. The van der Waals surface area contributed by atoms with E-state index >= 15 is 0 Å². The third kappa shape index (κ3) is 4.61. The van der Waals surface area contributed by atoms with Gasteiger partial charge in [-0.15, -0.1) is 0 Å². The summed E-state index contributed by atoms with van der Waals surface area (Å²) < 4.78 is 27.1. The lowest BCUT2D eigenvalue weighted by atomic mass is 9.93. The molecular formula is C23H21F2N3O2. The maximum atomic E-state index is 13.6. The number of hydrogen-bond acceptors (Lipinski definition) is 4. The number of Topliss-reactive ketones (excluding diaryl/α,β-unsaturated/α-hetero) is 1. The Morgan fingerprint density at radius 3 is 2.67 bits per heavy atom. The van der Waals surface area contributed by atoms with E-state index in [9.17, 15) is 18.4 Å². The van der Waals surface area contributed by atoms with Gasteiger partial charge in [0, 0.05) is 24.5 Å². The monoisotopic (exact) mass is 409 g/mol. The van der Waals surface area contributed by atoms with Crippen molar-refractivity contribution in [2.24, 2.45) is 16.8 Å². The molecule has 2 aromatic carbocycles. The summed E-state index contributed by atoms with van der Waals surface area (Å²) >= 11 is 0. The van der Waals surface area contributed by atoms with Crippen LogP contribution in [0.15, 0.2) is 53.6 Å². The van der Waals surface area contributed by atoms with Crippen molar-refractivity contribution >= 4 is 23.1 Å². The third-order valence-electron chi connectivity index (χ3n) is 4.69. The van der Waals surface area contributed by atoms with Crippen LogP contribution >= 0.6 is 0 Å². The van der Waals surface area contributed by atoms with Gasteiger partial charge in [-0.05, 0) is 36.8 Å². The first-order valence-corrected chi connectivity index (χ1v) is 9.38. The van der Waals surface area contributed by atoms with E-state index in [4.69, 9.17) is 5.73 Å². The van der Waals surface area contributed by atoms with Crippen LogP contribution in [0.25, 0.3) is 0 Å². The number of alkyl halides is 2. The molecule has 0 fully saturated rings. The first-order valence-electron chi connectivity index (χ1n) is 9.38. The molecule has 0 saturated heterocycles. The van der Waals surface area contributed by atoms with Crippen LogP contribution in [-0.4, -0.2) is 23.9 Å². The number of carbonyl (C=O) groups excluding carboxylic acids is 2. The van der Waals surface area contributed by atoms with Gasteiger partial charge in [0.15, 0.2) is 5.78 Å². The molecule has 1 aliphatic heterocycles. The van der Waals surface area contributed by atoms with Crippen molar-refractivity contribution in [2.75, 3.05) is 11.6 Å². The van der Waals surface area contributed by atoms with Crippen molar-refractivity contribution in [2.45, 2.75) is 26.2 Å². The second kappa shape index (κ2) is 8.56. The minimum Gasteiger partial charge on any atom is -0.320 e. The molecule has 0 aliphatic carbocycles. The van der Waals surface area contributed by atoms with Gasteiger partial charge in [0.2, 0.25) is 0 Å². The Hall–Kier alpha value is -3.37. The van der Waals surface area contributed by atoms with E-state index in [0.29, 0.717) is 22.5 Å². The lowest BCUT2D eigenvalue weighted by Crippen LogP contribution is -2.33. The summed E-state index contributed by atoms with van der Waals surface area (Å²) in [5.74, 6) is 0.716. The molecule has 0 spiro atoms. The summed E-state index contributed by atoms with van der Waals surface area (Å²) in [5, 5.41) is 5.43. The molecule has 0 radical (unpaired) electrons. The first kappa shape index (κ1) is 21.3. The Balaban J connectivity index is 1.80. The van der Waals surface area contributed by atoms with Crippen molar-refractivity contribution in [3.8, 4) is 11.8 Å². The zero-order chi connectivity index (χ0) is 21.9. The molecule has 1 aliphatic rings. The fourth-order valence-electron chi connectivity index (χ4n) is 3.25. The predicted molar refractivity (Wildman–Crippen MR) is 111 cm³/mol. The smallest absolute Gasteiger partial charge is 0.270 e. The Bertz CT molecular complexity index is 1080. The van der Waals surface area contributed by atoms with E-state index < -0.39 is 17.7 Å². The molecule has 0 bridgehead atoms. The largest absolute Gasteiger partial charge is 0.320 e. The molecular weight excluding hydrogens is 388 g/mol. The maximum Gasteiger partial charge on any atom is 0.270 e.